The van der Waals surface area contributed by atoms with Gasteiger partial charge in [-0.05, 0) is 43.9 Å². The highest BCUT2D eigenvalue weighted by atomic mass is 32.2. The number of carbonyl (C=O) groups is 2. The van der Waals surface area contributed by atoms with E-state index in [-0.39, 0.29) is 12.3 Å². The van der Waals surface area contributed by atoms with Gasteiger partial charge in [0.1, 0.15) is 0 Å². The van der Waals surface area contributed by atoms with Crippen LogP contribution in [0, 0.1) is 13.8 Å². The van der Waals surface area contributed by atoms with Gasteiger partial charge in [0.05, 0.1) is 30.8 Å². The molecule has 2 heterocycles. The van der Waals surface area contributed by atoms with E-state index in [4.69, 9.17) is 4.74 Å². The summed E-state index contributed by atoms with van der Waals surface area (Å²) in [4.78, 5) is 32.2. The topological polar surface area (TPSA) is 71.0 Å². The number of amides is 1. The molecule has 1 N–H and O–H groups in total. The normalized spacial score (nSPS) is 17.5. The molecule has 0 saturated carbocycles. The van der Waals surface area contributed by atoms with Crippen LogP contribution in [0.25, 0.3) is 0 Å². The Labute approximate surface area is 192 Å². The van der Waals surface area contributed by atoms with Gasteiger partial charge in [-0.15, -0.1) is 0 Å². The molecule has 0 aromatic heterocycles. The lowest BCUT2D eigenvalue weighted by atomic mass is 9.93. The summed E-state index contributed by atoms with van der Waals surface area (Å²) in [5.41, 5.74) is 5.84. The highest BCUT2D eigenvalue weighted by molar-refractivity contribution is 8.16. The van der Waals surface area contributed by atoms with E-state index in [2.05, 4.69) is 10.3 Å². The summed E-state index contributed by atoms with van der Waals surface area (Å²) in [5, 5.41) is 5.63. The van der Waals surface area contributed by atoms with Gasteiger partial charge < -0.3 is 15.0 Å². The van der Waals surface area contributed by atoms with E-state index in [0.29, 0.717) is 11.3 Å². The SMILES string of the molecule is COC(=O)C1=C(C)N=C2SC=C(CC(=O)Nc3ccc(C)cc3)N2C1c1ccc(C)cc1. The van der Waals surface area contributed by atoms with Crippen molar-refractivity contribution in [3.05, 3.63) is 87.6 Å². The van der Waals surface area contributed by atoms with Crippen LogP contribution in [0.3, 0.4) is 0 Å². The third-order valence-electron chi connectivity index (χ3n) is 5.48. The Hall–Kier alpha value is -3.32. The molecular formula is C25H25N3O3S. The van der Waals surface area contributed by atoms with Gasteiger partial charge in [0.2, 0.25) is 5.91 Å². The number of aryl methyl sites for hydroxylation is 2. The number of amidine groups is 1. The molecule has 1 atom stereocenters. The molecule has 0 saturated heterocycles. The van der Waals surface area contributed by atoms with Gasteiger partial charge in [0.25, 0.3) is 0 Å². The summed E-state index contributed by atoms with van der Waals surface area (Å²) in [6.45, 7) is 5.84. The van der Waals surface area contributed by atoms with Crippen LogP contribution in [0.2, 0.25) is 0 Å². The van der Waals surface area contributed by atoms with Gasteiger partial charge in [-0.25, -0.2) is 9.79 Å². The largest absolute Gasteiger partial charge is 0.466 e. The number of methoxy groups -OCH3 is 1. The van der Waals surface area contributed by atoms with Crippen LogP contribution in [0.4, 0.5) is 5.69 Å². The number of hydrogen-bond acceptors (Lipinski definition) is 6. The number of hydrogen-bond donors (Lipinski definition) is 1. The molecule has 7 heteroatoms. The number of thioether (sulfide) groups is 1. The van der Waals surface area contributed by atoms with Crippen molar-refractivity contribution in [1.29, 1.82) is 0 Å². The molecule has 1 unspecified atom stereocenters. The van der Waals surface area contributed by atoms with Gasteiger partial charge in [-0.3, -0.25) is 4.79 Å². The van der Waals surface area contributed by atoms with E-state index < -0.39 is 12.0 Å². The summed E-state index contributed by atoms with van der Waals surface area (Å²) in [7, 11) is 1.37. The Balaban J connectivity index is 1.65. The highest BCUT2D eigenvalue weighted by Crippen LogP contribution is 2.44. The maximum atomic E-state index is 12.8. The predicted molar refractivity (Wildman–Crippen MR) is 128 cm³/mol. The molecular weight excluding hydrogens is 422 g/mol. The van der Waals surface area contributed by atoms with E-state index in [0.717, 1.165) is 33.2 Å². The first-order valence-corrected chi connectivity index (χ1v) is 11.2. The predicted octanol–water partition coefficient (Wildman–Crippen LogP) is 5.08. The average Bonchev–Trinajstić information content (AvgIpc) is 3.16. The lowest BCUT2D eigenvalue weighted by molar-refractivity contribution is -0.136. The summed E-state index contributed by atoms with van der Waals surface area (Å²) < 4.78 is 5.09. The number of benzene rings is 2. The number of ether oxygens (including phenoxy) is 1. The minimum atomic E-state index is -0.420. The molecule has 2 aromatic rings. The van der Waals surface area contributed by atoms with Crippen LogP contribution in [0.5, 0.6) is 0 Å². The molecule has 2 aliphatic rings. The van der Waals surface area contributed by atoms with Crippen LogP contribution in [0.1, 0.15) is 36.1 Å². The van der Waals surface area contributed by atoms with Crippen molar-refractivity contribution >= 4 is 34.5 Å². The van der Waals surface area contributed by atoms with Gasteiger partial charge in [0.15, 0.2) is 5.17 Å². The molecule has 32 heavy (non-hydrogen) atoms. The number of aliphatic imine (C=N–C) groups is 1. The Morgan fingerprint density at radius 3 is 2.28 bits per heavy atom. The number of nitrogens with zero attached hydrogens (tertiary/aromatic N) is 2. The minimum absolute atomic E-state index is 0.129. The zero-order valence-corrected chi connectivity index (χ0v) is 19.3. The van der Waals surface area contributed by atoms with Crippen molar-refractivity contribution < 1.29 is 14.3 Å². The third-order valence-corrected chi connectivity index (χ3v) is 6.36. The van der Waals surface area contributed by atoms with Crippen molar-refractivity contribution in [1.82, 2.24) is 4.90 Å². The molecule has 0 spiro atoms. The maximum Gasteiger partial charge on any atom is 0.338 e. The molecule has 0 bridgehead atoms. The second-order valence-electron chi connectivity index (χ2n) is 7.89. The van der Waals surface area contributed by atoms with Crippen molar-refractivity contribution in [3.63, 3.8) is 0 Å². The highest BCUT2D eigenvalue weighted by Gasteiger charge is 2.40. The number of esters is 1. The van der Waals surface area contributed by atoms with Gasteiger partial charge >= 0.3 is 5.97 Å². The van der Waals surface area contributed by atoms with Gasteiger partial charge in [0, 0.05) is 11.4 Å². The van der Waals surface area contributed by atoms with E-state index in [1.807, 2.05) is 79.6 Å². The summed E-state index contributed by atoms with van der Waals surface area (Å²) in [5.74, 6) is -0.549. The number of fused-ring (bicyclic) bond motifs is 1. The zero-order valence-electron chi connectivity index (χ0n) is 18.5. The van der Waals surface area contributed by atoms with E-state index >= 15 is 0 Å². The van der Waals surface area contributed by atoms with E-state index in [1.54, 1.807) is 0 Å². The molecule has 1 amide bonds. The van der Waals surface area contributed by atoms with Crippen LogP contribution in [-0.4, -0.2) is 29.1 Å². The Bertz CT molecular complexity index is 1150. The molecule has 6 nitrogen and oxygen atoms in total. The number of rotatable bonds is 5. The number of allylic oxidation sites excluding steroid dienone is 1. The standard InChI is InChI=1S/C25H25N3O3S/c1-15-5-9-18(10-6-15)23-22(24(30)31-4)17(3)26-25-28(23)20(14-32-25)13-21(29)27-19-11-7-16(2)8-12-19/h5-12,14,23H,13H2,1-4H3,(H,27,29). The van der Waals surface area contributed by atoms with Crippen molar-refractivity contribution in [3.8, 4) is 0 Å². The first-order valence-electron chi connectivity index (χ1n) is 10.3. The zero-order chi connectivity index (χ0) is 22.8. The number of carbonyl (C=O) groups excluding carboxylic acids is 2. The van der Waals surface area contributed by atoms with Crippen molar-refractivity contribution in [2.45, 2.75) is 33.2 Å². The molecule has 0 radical (unpaired) electrons. The second kappa shape index (κ2) is 9.04. The Morgan fingerprint density at radius 1 is 1.03 bits per heavy atom. The summed E-state index contributed by atoms with van der Waals surface area (Å²) in [6.07, 6.45) is 0.162. The van der Waals surface area contributed by atoms with Crippen molar-refractivity contribution in [2.24, 2.45) is 4.99 Å². The fraction of sp³-hybridized carbons (Fsp3) is 0.240. The van der Waals surface area contributed by atoms with Crippen molar-refractivity contribution in [2.75, 3.05) is 12.4 Å². The molecule has 0 fully saturated rings. The smallest absolute Gasteiger partial charge is 0.338 e. The fourth-order valence-corrected chi connectivity index (χ4v) is 4.78. The summed E-state index contributed by atoms with van der Waals surface area (Å²) >= 11 is 1.46. The average molecular weight is 448 g/mol. The second-order valence-corrected chi connectivity index (χ2v) is 8.72. The Morgan fingerprint density at radius 2 is 1.66 bits per heavy atom. The third kappa shape index (κ3) is 4.34. The lowest BCUT2D eigenvalue weighted by Crippen LogP contribution is -2.37. The van der Waals surface area contributed by atoms with Gasteiger partial charge in [-0.1, -0.05) is 59.3 Å². The molecule has 2 aliphatic heterocycles. The van der Waals surface area contributed by atoms with Gasteiger partial charge in [-0.2, -0.15) is 0 Å². The molecule has 164 valence electrons. The first kappa shape index (κ1) is 21.9. The van der Waals surface area contributed by atoms with Crippen LogP contribution >= 0.6 is 11.8 Å². The molecule has 0 aliphatic carbocycles. The first-order chi connectivity index (χ1) is 15.4. The number of nitrogens with one attached hydrogen (secondary N) is 1. The summed E-state index contributed by atoms with van der Waals surface area (Å²) in [6, 6.07) is 15.3. The fourth-order valence-electron chi connectivity index (χ4n) is 3.81. The van der Waals surface area contributed by atoms with Crippen LogP contribution < -0.4 is 5.32 Å². The Kier molecular flexibility index (Phi) is 6.19. The van der Waals surface area contributed by atoms with Crippen LogP contribution in [-0.2, 0) is 14.3 Å². The molecule has 2 aromatic carbocycles. The lowest BCUT2D eigenvalue weighted by Gasteiger charge is -2.36. The molecule has 4 rings (SSSR count). The number of anilines is 1. The maximum absolute atomic E-state index is 12.8. The van der Waals surface area contributed by atoms with E-state index in [9.17, 15) is 9.59 Å². The monoisotopic (exact) mass is 447 g/mol. The van der Waals surface area contributed by atoms with E-state index in [1.165, 1.54) is 18.9 Å². The van der Waals surface area contributed by atoms with Crippen LogP contribution in [0.15, 0.2) is 75.9 Å². The minimum Gasteiger partial charge on any atom is -0.466 e. The quantitative estimate of drug-likeness (QED) is 0.647.